The van der Waals surface area contributed by atoms with Crippen LogP contribution >= 0.6 is 11.6 Å². The molecular weight excluding hydrogens is 264 g/mol. The molecule has 3 rings (SSSR count). The van der Waals surface area contributed by atoms with Crippen LogP contribution < -0.4 is 5.56 Å². The largest absolute Gasteiger partial charge is 0.273 e. The predicted molar refractivity (Wildman–Crippen MR) is 71.4 cm³/mol. The molecule has 0 aliphatic carbocycles. The van der Waals surface area contributed by atoms with Crippen molar-refractivity contribution in [1.82, 2.24) is 14.8 Å². The molecule has 19 heavy (non-hydrogen) atoms. The van der Waals surface area contributed by atoms with Gasteiger partial charge in [0.1, 0.15) is 5.15 Å². The molecule has 6 heteroatoms. The Kier molecular flexibility index (Phi) is 2.58. The molecule has 2 heterocycles. The number of hydrogen-bond donors (Lipinski definition) is 1. The van der Waals surface area contributed by atoms with Crippen molar-refractivity contribution < 1.29 is 0 Å². The molecular formula is C13H7ClN4O. The Morgan fingerprint density at radius 1 is 1.37 bits per heavy atom. The zero-order chi connectivity index (χ0) is 13.4. The molecule has 0 bridgehead atoms. The predicted octanol–water partition coefficient (Wildman–Crippen LogP) is 2.24. The minimum Gasteiger partial charge on any atom is -0.267 e. The first-order chi connectivity index (χ1) is 9.19. The number of nitrogens with zero attached hydrogens (tertiary/aromatic N) is 3. The summed E-state index contributed by atoms with van der Waals surface area (Å²) in [4.78, 5) is 15.7. The van der Waals surface area contributed by atoms with Crippen molar-refractivity contribution in [2.45, 2.75) is 0 Å². The normalized spacial score (nSPS) is 10.5. The number of hydrogen-bond acceptors (Lipinski definition) is 3. The zero-order valence-corrected chi connectivity index (χ0v) is 10.3. The lowest BCUT2D eigenvalue weighted by molar-refractivity contribution is 0.890. The number of nitriles is 1. The SMILES string of the molecule is N#Cc1cccc(-n2[nH]c(=O)c3cnc(Cl)cc32)c1. The molecule has 0 amide bonds. The van der Waals surface area contributed by atoms with Crippen molar-refractivity contribution in [2.24, 2.45) is 0 Å². The van der Waals surface area contributed by atoms with Crippen LogP contribution in [0.1, 0.15) is 5.56 Å². The summed E-state index contributed by atoms with van der Waals surface area (Å²) in [6, 6.07) is 10.6. The molecule has 1 N–H and O–H groups in total. The van der Waals surface area contributed by atoms with E-state index in [4.69, 9.17) is 16.9 Å². The summed E-state index contributed by atoms with van der Waals surface area (Å²) >= 11 is 5.85. The van der Waals surface area contributed by atoms with Crippen LogP contribution in [0.25, 0.3) is 16.6 Å². The highest BCUT2D eigenvalue weighted by molar-refractivity contribution is 6.30. The van der Waals surface area contributed by atoms with Crippen LogP contribution in [0.15, 0.2) is 41.3 Å². The summed E-state index contributed by atoms with van der Waals surface area (Å²) in [6.07, 6.45) is 1.43. The average molecular weight is 271 g/mol. The lowest BCUT2D eigenvalue weighted by Gasteiger charge is -2.04. The third-order valence-corrected chi connectivity index (χ3v) is 2.99. The van der Waals surface area contributed by atoms with E-state index in [9.17, 15) is 4.79 Å². The molecule has 0 aliphatic heterocycles. The highest BCUT2D eigenvalue weighted by Gasteiger charge is 2.09. The summed E-state index contributed by atoms with van der Waals surface area (Å²) in [7, 11) is 0. The number of aromatic nitrogens is 3. The number of nitrogens with one attached hydrogen (secondary N) is 1. The lowest BCUT2D eigenvalue weighted by atomic mass is 10.2. The van der Waals surface area contributed by atoms with E-state index in [-0.39, 0.29) is 5.56 Å². The number of pyridine rings is 1. The van der Waals surface area contributed by atoms with E-state index in [2.05, 4.69) is 16.2 Å². The number of benzene rings is 1. The third-order valence-electron chi connectivity index (χ3n) is 2.78. The summed E-state index contributed by atoms with van der Waals surface area (Å²) in [5, 5.41) is 12.4. The zero-order valence-electron chi connectivity index (χ0n) is 9.59. The fourth-order valence-electron chi connectivity index (χ4n) is 1.92. The van der Waals surface area contributed by atoms with E-state index in [1.165, 1.54) is 6.20 Å². The lowest BCUT2D eigenvalue weighted by Crippen LogP contribution is -2.03. The molecule has 5 nitrogen and oxygen atoms in total. The first-order valence-electron chi connectivity index (χ1n) is 5.46. The summed E-state index contributed by atoms with van der Waals surface area (Å²) in [6.45, 7) is 0. The van der Waals surface area contributed by atoms with Crippen LogP contribution in [0, 0.1) is 11.3 Å². The third kappa shape index (κ3) is 1.88. The molecule has 0 saturated heterocycles. The maximum absolute atomic E-state index is 11.8. The second-order valence-electron chi connectivity index (χ2n) is 3.96. The molecule has 0 atom stereocenters. The highest BCUT2D eigenvalue weighted by atomic mass is 35.5. The van der Waals surface area contributed by atoms with Gasteiger partial charge in [0.15, 0.2) is 0 Å². The second kappa shape index (κ2) is 4.26. The van der Waals surface area contributed by atoms with Gasteiger partial charge in [-0.05, 0) is 18.2 Å². The minimum atomic E-state index is -0.249. The second-order valence-corrected chi connectivity index (χ2v) is 4.35. The Labute approximate surface area is 112 Å². The van der Waals surface area contributed by atoms with Gasteiger partial charge in [0.05, 0.1) is 28.2 Å². The van der Waals surface area contributed by atoms with E-state index in [0.29, 0.717) is 27.3 Å². The molecule has 0 fully saturated rings. The van der Waals surface area contributed by atoms with Gasteiger partial charge in [0.25, 0.3) is 5.56 Å². The Morgan fingerprint density at radius 3 is 3.00 bits per heavy atom. The maximum Gasteiger partial charge on any atom is 0.273 e. The van der Waals surface area contributed by atoms with Crippen LogP contribution in [0.5, 0.6) is 0 Å². The highest BCUT2D eigenvalue weighted by Crippen LogP contribution is 2.18. The van der Waals surface area contributed by atoms with Crippen molar-refractivity contribution in [2.75, 3.05) is 0 Å². The Hall–Kier alpha value is -2.58. The first-order valence-corrected chi connectivity index (χ1v) is 5.83. The van der Waals surface area contributed by atoms with Gasteiger partial charge in [-0.25, -0.2) is 4.98 Å². The van der Waals surface area contributed by atoms with Crippen LogP contribution in [-0.4, -0.2) is 14.8 Å². The van der Waals surface area contributed by atoms with Gasteiger partial charge in [-0.3, -0.25) is 14.6 Å². The molecule has 0 saturated carbocycles. The molecule has 1 aromatic carbocycles. The summed E-state index contributed by atoms with van der Waals surface area (Å²) in [5.74, 6) is 0. The molecule has 3 aromatic rings. The Bertz CT molecular complexity index is 872. The average Bonchev–Trinajstić information content (AvgIpc) is 2.75. The first kappa shape index (κ1) is 11.5. The number of rotatable bonds is 1. The molecule has 0 radical (unpaired) electrons. The quantitative estimate of drug-likeness (QED) is 0.689. The van der Waals surface area contributed by atoms with Gasteiger partial charge in [0.2, 0.25) is 0 Å². The Morgan fingerprint density at radius 2 is 2.21 bits per heavy atom. The number of aromatic amines is 1. The van der Waals surface area contributed by atoms with Crippen LogP contribution in [0.4, 0.5) is 0 Å². The van der Waals surface area contributed by atoms with Gasteiger partial charge >= 0.3 is 0 Å². The number of H-pyrrole nitrogens is 1. The van der Waals surface area contributed by atoms with Gasteiger partial charge in [0, 0.05) is 12.3 Å². The van der Waals surface area contributed by atoms with Gasteiger partial charge in [-0.15, -0.1) is 0 Å². The van der Waals surface area contributed by atoms with E-state index < -0.39 is 0 Å². The van der Waals surface area contributed by atoms with E-state index in [0.717, 1.165) is 0 Å². The van der Waals surface area contributed by atoms with E-state index in [1.807, 2.05) is 0 Å². The van der Waals surface area contributed by atoms with E-state index >= 15 is 0 Å². The van der Waals surface area contributed by atoms with Crippen molar-refractivity contribution >= 4 is 22.5 Å². The summed E-state index contributed by atoms with van der Waals surface area (Å²) < 4.78 is 1.59. The number of fused-ring (bicyclic) bond motifs is 1. The molecule has 0 spiro atoms. The van der Waals surface area contributed by atoms with Crippen LogP contribution in [0.3, 0.4) is 0 Å². The van der Waals surface area contributed by atoms with Crippen molar-refractivity contribution in [3.05, 3.63) is 57.6 Å². The van der Waals surface area contributed by atoms with Crippen LogP contribution in [0.2, 0.25) is 5.15 Å². The number of halogens is 1. The standard InChI is InChI=1S/C13H7ClN4O/c14-12-5-11-10(7-16-12)13(19)17-18(11)9-3-1-2-8(4-9)6-15/h1-5,7H,(H,17,19). The fraction of sp³-hybridized carbons (Fsp3) is 0. The van der Waals surface area contributed by atoms with Crippen molar-refractivity contribution in [3.8, 4) is 11.8 Å². The maximum atomic E-state index is 11.8. The van der Waals surface area contributed by atoms with Gasteiger partial charge < -0.3 is 0 Å². The van der Waals surface area contributed by atoms with Crippen molar-refractivity contribution in [3.63, 3.8) is 0 Å². The molecule has 2 aromatic heterocycles. The minimum absolute atomic E-state index is 0.249. The smallest absolute Gasteiger partial charge is 0.267 e. The molecule has 92 valence electrons. The topological polar surface area (TPSA) is 74.5 Å². The molecule has 0 aliphatic rings. The van der Waals surface area contributed by atoms with Crippen LogP contribution in [-0.2, 0) is 0 Å². The van der Waals surface area contributed by atoms with Gasteiger partial charge in [-0.1, -0.05) is 17.7 Å². The monoisotopic (exact) mass is 270 g/mol. The van der Waals surface area contributed by atoms with Crippen molar-refractivity contribution in [1.29, 1.82) is 5.26 Å². The molecule has 0 unspecified atom stereocenters. The fourth-order valence-corrected chi connectivity index (χ4v) is 2.07. The Balaban J connectivity index is 2.33. The summed E-state index contributed by atoms with van der Waals surface area (Å²) in [5.41, 5.74) is 1.58. The van der Waals surface area contributed by atoms with Gasteiger partial charge in [-0.2, -0.15) is 5.26 Å². The van der Waals surface area contributed by atoms with E-state index in [1.54, 1.807) is 35.0 Å².